The van der Waals surface area contributed by atoms with Gasteiger partial charge in [0.15, 0.2) is 11.5 Å². The Morgan fingerprint density at radius 3 is 2.61 bits per heavy atom. The largest absolute Gasteiger partial charge is 0.493 e. The molecule has 0 radical (unpaired) electrons. The van der Waals surface area contributed by atoms with Gasteiger partial charge in [0, 0.05) is 49.2 Å². The average Bonchev–Trinajstić information content (AvgIpc) is 3.47. The first-order chi connectivity index (χ1) is 17.7. The Morgan fingerprint density at radius 2 is 1.86 bits per heavy atom. The van der Waals surface area contributed by atoms with Gasteiger partial charge in [0.1, 0.15) is 0 Å². The predicted molar refractivity (Wildman–Crippen MR) is 138 cm³/mol. The van der Waals surface area contributed by atoms with Crippen molar-refractivity contribution in [3.05, 3.63) is 54.1 Å². The number of nitrogens with one attached hydrogen (secondary N) is 1. The van der Waals surface area contributed by atoms with E-state index in [9.17, 15) is 4.79 Å². The number of fused-ring (bicyclic) bond motifs is 1. The molecule has 2 unspecified atom stereocenters. The molecule has 0 saturated carbocycles. The van der Waals surface area contributed by atoms with Crippen molar-refractivity contribution < 1.29 is 23.7 Å². The summed E-state index contributed by atoms with van der Waals surface area (Å²) in [6.45, 7) is 5.28. The van der Waals surface area contributed by atoms with E-state index in [1.54, 1.807) is 14.2 Å². The molecule has 0 spiro atoms. The van der Waals surface area contributed by atoms with Gasteiger partial charge < -0.3 is 24.3 Å². The maximum atomic E-state index is 13.6. The van der Waals surface area contributed by atoms with Crippen molar-refractivity contribution in [1.29, 1.82) is 0 Å². The molecule has 8 heteroatoms. The van der Waals surface area contributed by atoms with Crippen LogP contribution in [0.3, 0.4) is 0 Å². The molecule has 2 saturated heterocycles. The Bertz CT molecular complexity index is 1210. The lowest BCUT2D eigenvalue weighted by Gasteiger charge is -2.37. The van der Waals surface area contributed by atoms with Gasteiger partial charge in [-0.1, -0.05) is 18.2 Å². The SMILES string of the molecule is COc1ccc(-c2cc(C(=O)NCC(C3CCOC3)N3CCOCC3)c3ccccc3n2)cc1OC. The van der Waals surface area contributed by atoms with Crippen LogP contribution in [0.5, 0.6) is 11.5 Å². The Balaban J connectivity index is 1.43. The number of pyridine rings is 1. The number of methoxy groups -OCH3 is 2. The summed E-state index contributed by atoms with van der Waals surface area (Å²) in [7, 11) is 3.21. The fourth-order valence-corrected chi connectivity index (χ4v) is 5.16. The lowest BCUT2D eigenvalue weighted by atomic mass is 9.96. The molecule has 190 valence electrons. The topological polar surface area (TPSA) is 82.2 Å². The zero-order chi connectivity index (χ0) is 24.9. The molecular formula is C28H33N3O5. The summed E-state index contributed by atoms with van der Waals surface area (Å²) in [5.74, 6) is 1.56. The smallest absolute Gasteiger partial charge is 0.252 e. The molecule has 1 N–H and O–H groups in total. The summed E-state index contributed by atoms with van der Waals surface area (Å²) in [6, 6.07) is 15.5. The third kappa shape index (κ3) is 5.16. The molecule has 36 heavy (non-hydrogen) atoms. The van der Waals surface area contributed by atoms with Gasteiger partial charge in [-0.2, -0.15) is 0 Å². The Hall–Kier alpha value is -3.20. The minimum atomic E-state index is -0.104. The summed E-state index contributed by atoms with van der Waals surface area (Å²) < 4.78 is 22.1. The first kappa shape index (κ1) is 24.5. The van der Waals surface area contributed by atoms with Gasteiger partial charge in [0.25, 0.3) is 5.91 Å². The van der Waals surface area contributed by atoms with Crippen LogP contribution >= 0.6 is 0 Å². The number of carbonyl (C=O) groups excluding carboxylic acids is 1. The van der Waals surface area contributed by atoms with E-state index in [0.717, 1.165) is 62.4 Å². The molecule has 1 aromatic heterocycles. The van der Waals surface area contributed by atoms with E-state index in [1.807, 2.05) is 48.5 Å². The molecule has 2 aliphatic rings. The van der Waals surface area contributed by atoms with Crippen molar-refractivity contribution in [2.45, 2.75) is 12.5 Å². The number of amides is 1. The molecule has 2 aliphatic heterocycles. The van der Waals surface area contributed by atoms with E-state index in [-0.39, 0.29) is 11.9 Å². The van der Waals surface area contributed by atoms with Crippen LogP contribution in [-0.2, 0) is 9.47 Å². The van der Waals surface area contributed by atoms with Gasteiger partial charge in [-0.05, 0) is 36.8 Å². The first-order valence-corrected chi connectivity index (χ1v) is 12.5. The van der Waals surface area contributed by atoms with Crippen molar-refractivity contribution in [2.75, 3.05) is 60.3 Å². The zero-order valence-electron chi connectivity index (χ0n) is 20.9. The third-order valence-corrected chi connectivity index (χ3v) is 7.14. The van der Waals surface area contributed by atoms with Gasteiger partial charge in [-0.25, -0.2) is 4.98 Å². The maximum absolute atomic E-state index is 13.6. The lowest BCUT2D eigenvalue weighted by Crippen LogP contribution is -2.52. The summed E-state index contributed by atoms with van der Waals surface area (Å²) in [5, 5.41) is 4.06. The van der Waals surface area contributed by atoms with Crippen LogP contribution in [0.15, 0.2) is 48.5 Å². The van der Waals surface area contributed by atoms with E-state index in [2.05, 4.69) is 10.2 Å². The number of hydrogen-bond acceptors (Lipinski definition) is 7. The maximum Gasteiger partial charge on any atom is 0.252 e. The van der Waals surface area contributed by atoms with Crippen LogP contribution < -0.4 is 14.8 Å². The highest BCUT2D eigenvalue weighted by Crippen LogP contribution is 2.33. The van der Waals surface area contributed by atoms with E-state index in [4.69, 9.17) is 23.9 Å². The van der Waals surface area contributed by atoms with Crippen molar-refractivity contribution in [3.63, 3.8) is 0 Å². The van der Waals surface area contributed by atoms with Crippen LogP contribution in [0.2, 0.25) is 0 Å². The van der Waals surface area contributed by atoms with Crippen molar-refractivity contribution in [2.24, 2.45) is 5.92 Å². The molecule has 2 atom stereocenters. The summed E-state index contributed by atoms with van der Waals surface area (Å²) in [4.78, 5) is 20.9. The fourth-order valence-electron chi connectivity index (χ4n) is 5.16. The van der Waals surface area contributed by atoms with E-state index in [1.165, 1.54) is 0 Å². The molecule has 2 fully saturated rings. The van der Waals surface area contributed by atoms with Crippen LogP contribution in [0, 0.1) is 5.92 Å². The molecule has 5 rings (SSSR count). The minimum Gasteiger partial charge on any atom is -0.493 e. The minimum absolute atomic E-state index is 0.104. The Morgan fingerprint density at radius 1 is 1.06 bits per heavy atom. The molecule has 1 amide bonds. The van der Waals surface area contributed by atoms with Gasteiger partial charge in [0.05, 0.1) is 50.8 Å². The zero-order valence-corrected chi connectivity index (χ0v) is 20.9. The second-order valence-corrected chi connectivity index (χ2v) is 9.19. The highest BCUT2D eigenvalue weighted by atomic mass is 16.5. The lowest BCUT2D eigenvalue weighted by molar-refractivity contribution is 0.00167. The summed E-state index contributed by atoms with van der Waals surface area (Å²) in [5.41, 5.74) is 2.92. The predicted octanol–water partition coefficient (Wildman–Crippen LogP) is 3.39. The monoisotopic (exact) mass is 491 g/mol. The van der Waals surface area contributed by atoms with Crippen molar-refractivity contribution in [3.8, 4) is 22.8 Å². The average molecular weight is 492 g/mol. The molecule has 0 aliphatic carbocycles. The van der Waals surface area contributed by atoms with Crippen LogP contribution in [-0.4, -0.2) is 82.1 Å². The van der Waals surface area contributed by atoms with Gasteiger partial charge >= 0.3 is 0 Å². The number of aromatic nitrogens is 1. The van der Waals surface area contributed by atoms with Crippen molar-refractivity contribution in [1.82, 2.24) is 15.2 Å². The Labute approximate surface area is 211 Å². The van der Waals surface area contributed by atoms with Crippen molar-refractivity contribution >= 4 is 16.8 Å². The van der Waals surface area contributed by atoms with E-state index >= 15 is 0 Å². The number of morpholine rings is 1. The fraction of sp³-hybridized carbons (Fsp3) is 0.429. The van der Waals surface area contributed by atoms with Gasteiger partial charge in [-0.3, -0.25) is 9.69 Å². The molecular weight excluding hydrogens is 458 g/mol. The number of benzene rings is 2. The molecule has 3 heterocycles. The first-order valence-electron chi connectivity index (χ1n) is 12.5. The number of carbonyl (C=O) groups is 1. The van der Waals surface area contributed by atoms with Crippen LogP contribution in [0.4, 0.5) is 0 Å². The summed E-state index contributed by atoms with van der Waals surface area (Å²) >= 11 is 0. The highest BCUT2D eigenvalue weighted by molar-refractivity contribution is 6.07. The second-order valence-electron chi connectivity index (χ2n) is 9.19. The van der Waals surface area contributed by atoms with Crippen LogP contribution in [0.1, 0.15) is 16.8 Å². The normalized spacial score (nSPS) is 19.2. The van der Waals surface area contributed by atoms with Gasteiger partial charge in [0.2, 0.25) is 0 Å². The third-order valence-electron chi connectivity index (χ3n) is 7.14. The summed E-state index contributed by atoms with van der Waals surface area (Å²) in [6.07, 6.45) is 1.01. The molecule has 8 nitrogen and oxygen atoms in total. The number of rotatable bonds is 8. The van der Waals surface area contributed by atoms with Crippen LogP contribution in [0.25, 0.3) is 22.2 Å². The number of para-hydroxylation sites is 1. The number of hydrogen-bond donors (Lipinski definition) is 1. The number of nitrogens with zero attached hydrogens (tertiary/aromatic N) is 2. The molecule has 2 aromatic carbocycles. The highest BCUT2D eigenvalue weighted by Gasteiger charge is 2.32. The number of ether oxygens (including phenoxy) is 4. The quantitative estimate of drug-likeness (QED) is 0.517. The molecule has 0 bridgehead atoms. The van der Waals surface area contributed by atoms with Gasteiger partial charge in [-0.15, -0.1) is 0 Å². The second kappa shape index (κ2) is 11.2. The Kier molecular flexibility index (Phi) is 7.65. The molecule has 3 aromatic rings. The van der Waals surface area contributed by atoms with E-state index in [0.29, 0.717) is 35.2 Å². The standard InChI is InChI=1S/C28H33N3O5/c1-33-26-8-7-19(15-27(26)34-2)24-16-22(21-5-3-4-6-23(21)30-24)28(32)29-17-25(20-9-12-36-18-20)31-10-13-35-14-11-31/h3-8,15-16,20,25H,9-14,17-18H2,1-2H3,(H,29,32). The van der Waals surface area contributed by atoms with E-state index < -0.39 is 0 Å².